The second-order valence-electron chi connectivity index (χ2n) is 0.455. The maximum atomic E-state index is 6.06. The second-order valence-corrected chi connectivity index (χ2v) is 0.455. The molecule has 0 aliphatic heterocycles. The number of hydrogen-bond donors (Lipinski definition) is 3. The van der Waals surface area contributed by atoms with E-state index in [9.17, 15) is 0 Å². The number of nitrogens with two attached hydrogens (primary N) is 2. The van der Waals surface area contributed by atoms with Gasteiger partial charge >= 0.3 is 0 Å². The molecule has 0 aromatic rings. The van der Waals surface area contributed by atoms with Crippen molar-refractivity contribution in [3.05, 3.63) is 0 Å². The third kappa shape index (κ3) is 357000. The summed E-state index contributed by atoms with van der Waals surface area (Å²) in [5, 5.41) is 6.06. The monoisotopic (exact) mass is 129 g/mol. The summed E-state index contributed by atoms with van der Waals surface area (Å²) in [7, 11) is 0. The molecule has 0 saturated carbocycles. The third-order valence-electron chi connectivity index (χ3n) is 0. The van der Waals surface area contributed by atoms with Crippen molar-refractivity contribution < 1.29 is 0 Å². The first kappa shape index (κ1) is 16.7. The molecule has 0 aromatic carbocycles. The Labute approximate surface area is 46.0 Å². The summed E-state index contributed by atoms with van der Waals surface area (Å²) in [6.07, 6.45) is 0. The Kier molecular flexibility index (Phi) is 24.7. The van der Waals surface area contributed by atoms with Gasteiger partial charge in [0, 0.05) is 0 Å². The van der Waals surface area contributed by atoms with Crippen LogP contribution in [0.2, 0.25) is 0 Å². The minimum absolute atomic E-state index is 0. The van der Waals surface area contributed by atoms with Gasteiger partial charge in [-0.15, -0.1) is 12.4 Å². The highest BCUT2D eigenvalue weighted by Crippen LogP contribution is 1.13. The summed E-state index contributed by atoms with van der Waals surface area (Å²) in [5.41, 5.74) is 8.94. The van der Waals surface area contributed by atoms with Crippen molar-refractivity contribution in [1.82, 2.24) is 0 Å². The van der Waals surface area contributed by atoms with Gasteiger partial charge in [-0.3, -0.25) is 5.41 Å². The average molecular weight is 130 g/mol. The van der Waals surface area contributed by atoms with E-state index in [0.29, 0.717) is 0 Å². The van der Waals surface area contributed by atoms with Crippen molar-refractivity contribution >= 4 is 28.3 Å². The zero-order chi connectivity index (χ0) is 3.58. The fourth-order valence-electron chi connectivity index (χ4n) is 0. The maximum absolute atomic E-state index is 6.06. The smallest absolute Gasteiger partial charge is 0.183 e. The third-order valence-corrected chi connectivity index (χ3v) is 0. The molecule has 0 spiro atoms. The fraction of sp³-hybridized carbons (Fsp3) is 0. The van der Waals surface area contributed by atoms with Gasteiger partial charge < -0.3 is 11.5 Å². The van der Waals surface area contributed by atoms with Crippen LogP contribution in [-0.4, -0.2) is 5.96 Å². The Morgan fingerprint density at radius 3 is 1.33 bits per heavy atom. The molecule has 0 aliphatic rings. The number of halogens is 1. The highest BCUT2D eigenvalue weighted by atomic mass is 35.5. The van der Waals surface area contributed by atoms with Crippen LogP contribution in [0.3, 0.4) is 0 Å². The largest absolute Gasteiger partial charge is 0.370 e. The van der Waals surface area contributed by atoms with E-state index >= 15 is 0 Å². The number of rotatable bonds is 0. The molecular formula is CH9ClN3P. The fourth-order valence-corrected chi connectivity index (χ4v) is 0. The van der Waals surface area contributed by atoms with Crippen LogP contribution >= 0.6 is 22.3 Å². The summed E-state index contributed by atoms with van der Waals surface area (Å²) in [5.74, 6) is -0.333. The van der Waals surface area contributed by atoms with Crippen LogP contribution in [0.4, 0.5) is 0 Å². The molecule has 40 valence electrons. The van der Waals surface area contributed by atoms with Gasteiger partial charge in [0.25, 0.3) is 0 Å². The zero-order valence-electron chi connectivity index (χ0n) is 3.27. The molecule has 0 saturated heterocycles. The van der Waals surface area contributed by atoms with E-state index in [2.05, 4.69) is 11.5 Å². The Morgan fingerprint density at radius 2 is 1.33 bits per heavy atom. The number of guanidine groups is 1. The van der Waals surface area contributed by atoms with E-state index in [0.717, 1.165) is 0 Å². The van der Waals surface area contributed by atoms with Gasteiger partial charge in [0.1, 0.15) is 0 Å². The highest BCUT2D eigenvalue weighted by molar-refractivity contribution is 6.92. The zero-order valence-corrected chi connectivity index (χ0v) is 5.50. The first-order valence-electron chi connectivity index (χ1n) is 0.827. The molecular weight excluding hydrogens is 120 g/mol. The summed E-state index contributed by atoms with van der Waals surface area (Å²) in [6, 6.07) is 0. The molecule has 0 rings (SSSR count). The van der Waals surface area contributed by atoms with Crippen LogP contribution in [0.25, 0.3) is 0 Å². The lowest BCUT2D eigenvalue weighted by atomic mass is 11.1. The van der Waals surface area contributed by atoms with Crippen LogP contribution in [0.1, 0.15) is 0 Å². The minimum atomic E-state index is -0.333. The summed E-state index contributed by atoms with van der Waals surface area (Å²) in [4.78, 5) is 0. The number of hydrogen-bond acceptors (Lipinski definition) is 1. The van der Waals surface area contributed by atoms with Crippen LogP contribution < -0.4 is 11.5 Å². The van der Waals surface area contributed by atoms with Gasteiger partial charge in [-0.1, -0.05) is 0 Å². The van der Waals surface area contributed by atoms with E-state index in [1.807, 2.05) is 0 Å². The maximum Gasteiger partial charge on any atom is 0.183 e. The number of nitrogens with one attached hydrogen (secondary N) is 1. The summed E-state index contributed by atoms with van der Waals surface area (Å²) >= 11 is 0. The summed E-state index contributed by atoms with van der Waals surface area (Å²) < 4.78 is 0. The second kappa shape index (κ2) is 8.89. The van der Waals surface area contributed by atoms with E-state index in [4.69, 9.17) is 5.41 Å². The first-order valence-corrected chi connectivity index (χ1v) is 0.827. The predicted molar refractivity (Wildman–Crippen MR) is 34.5 cm³/mol. The van der Waals surface area contributed by atoms with Crippen LogP contribution in [0, 0.1) is 5.41 Å². The van der Waals surface area contributed by atoms with Crippen LogP contribution in [-0.2, 0) is 0 Å². The lowest BCUT2D eigenvalue weighted by Gasteiger charge is -1.69. The normalized spacial score (nSPS) is 4.00. The van der Waals surface area contributed by atoms with E-state index < -0.39 is 0 Å². The van der Waals surface area contributed by atoms with Crippen molar-refractivity contribution in [1.29, 1.82) is 5.41 Å². The molecule has 0 fully saturated rings. The van der Waals surface area contributed by atoms with E-state index in [1.54, 1.807) is 0 Å². The standard InChI is InChI=1S/CH5N3.ClH.H3P/c2-1(3)4;;/h(H5,2,3,4);1H;1H3. The van der Waals surface area contributed by atoms with Crippen molar-refractivity contribution in [3.8, 4) is 0 Å². The van der Waals surface area contributed by atoms with Gasteiger partial charge in [0.15, 0.2) is 5.96 Å². The first-order chi connectivity index (χ1) is 1.73. The van der Waals surface area contributed by atoms with Gasteiger partial charge in [-0.25, -0.2) is 0 Å². The van der Waals surface area contributed by atoms with Crippen LogP contribution in [0.15, 0.2) is 0 Å². The molecule has 0 bridgehead atoms. The van der Waals surface area contributed by atoms with Crippen molar-refractivity contribution in [3.63, 3.8) is 0 Å². The van der Waals surface area contributed by atoms with Crippen molar-refractivity contribution in [2.45, 2.75) is 0 Å². The lowest BCUT2D eigenvalue weighted by molar-refractivity contribution is 1.39. The Hall–Kier alpha value is -0.0100. The van der Waals surface area contributed by atoms with Crippen molar-refractivity contribution in [2.75, 3.05) is 0 Å². The lowest BCUT2D eigenvalue weighted by Crippen LogP contribution is -2.20. The van der Waals surface area contributed by atoms with Gasteiger partial charge in [0.05, 0.1) is 0 Å². The van der Waals surface area contributed by atoms with E-state index in [1.165, 1.54) is 0 Å². The van der Waals surface area contributed by atoms with Crippen LogP contribution in [0.5, 0.6) is 0 Å². The average Bonchev–Trinajstić information content (AvgIpc) is 0.811. The molecule has 0 heterocycles. The molecule has 3 nitrogen and oxygen atoms in total. The Morgan fingerprint density at radius 1 is 1.33 bits per heavy atom. The van der Waals surface area contributed by atoms with Gasteiger partial charge in [0.2, 0.25) is 0 Å². The van der Waals surface area contributed by atoms with Gasteiger partial charge in [-0.2, -0.15) is 9.90 Å². The molecule has 5 N–H and O–H groups in total. The quantitative estimate of drug-likeness (QED) is 0.230. The molecule has 0 aromatic heterocycles. The van der Waals surface area contributed by atoms with Crippen molar-refractivity contribution in [2.24, 2.45) is 11.5 Å². The summed E-state index contributed by atoms with van der Waals surface area (Å²) in [6.45, 7) is 0. The molecule has 0 amide bonds. The molecule has 1 unspecified atom stereocenters. The highest BCUT2D eigenvalue weighted by Gasteiger charge is 1.52. The Balaban J connectivity index is -0.0000000450. The molecule has 5 heteroatoms. The van der Waals surface area contributed by atoms with E-state index in [-0.39, 0.29) is 28.3 Å². The molecule has 0 aliphatic carbocycles. The van der Waals surface area contributed by atoms with Gasteiger partial charge in [-0.05, 0) is 0 Å². The minimum Gasteiger partial charge on any atom is -0.370 e. The Bertz CT molecular complexity index is 33.8. The molecule has 6 heavy (non-hydrogen) atoms. The molecule has 1 atom stereocenters. The molecule has 0 radical (unpaired) electrons. The topological polar surface area (TPSA) is 75.9 Å². The predicted octanol–water partition coefficient (Wildman–Crippen LogP) is -0.682. The SMILES string of the molecule is Cl.N=C(N)N.P.